The first kappa shape index (κ1) is 10.4. The van der Waals surface area contributed by atoms with Crippen LogP contribution in [0, 0.1) is 11.6 Å². The minimum absolute atomic E-state index is 0.0528. The zero-order valence-electron chi connectivity index (χ0n) is 8.64. The molecule has 0 amide bonds. The Balaban J connectivity index is 2.40. The van der Waals surface area contributed by atoms with Crippen molar-refractivity contribution in [2.45, 2.75) is 19.4 Å². The van der Waals surface area contributed by atoms with E-state index in [2.05, 4.69) is 0 Å². The Hall–Kier alpha value is -1.16. The Morgan fingerprint density at radius 1 is 1.40 bits per heavy atom. The van der Waals surface area contributed by atoms with E-state index < -0.39 is 17.2 Å². The molecule has 0 N–H and O–H groups in total. The third kappa shape index (κ3) is 1.69. The van der Waals surface area contributed by atoms with Gasteiger partial charge >= 0.3 is 0 Å². The van der Waals surface area contributed by atoms with Crippen molar-refractivity contribution < 1.29 is 18.3 Å². The van der Waals surface area contributed by atoms with Crippen molar-refractivity contribution >= 4 is 0 Å². The molecule has 0 radical (unpaired) electrons. The van der Waals surface area contributed by atoms with Crippen LogP contribution in [0.2, 0.25) is 0 Å². The summed E-state index contributed by atoms with van der Waals surface area (Å²) in [5.41, 5.74) is -0.404. The van der Waals surface area contributed by atoms with E-state index in [9.17, 15) is 8.78 Å². The van der Waals surface area contributed by atoms with E-state index in [4.69, 9.17) is 9.47 Å². The molecule has 2 rings (SSSR count). The molecule has 2 nitrogen and oxygen atoms in total. The molecule has 1 unspecified atom stereocenters. The van der Waals surface area contributed by atoms with Gasteiger partial charge in [0.15, 0.2) is 11.6 Å². The third-order valence-corrected chi connectivity index (χ3v) is 2.49. The van der Waals surface area contributed by atoms with Crippen molar-refractivity contribution in [2.24, 2.45) is 0 Å². The summed E-state index contributed by atoms with van der Waals surface area (Å²) >= 11 is 0. The number of benzene rings is 1. The van der Waals surface area contributed by atoms with E-state index in [1.54, 1.807) is 13.8 Å². The van der Waals surface area contributed by atoms with Crippen LogP contribution in [0.5, 0.6) is 5.75 Å². The van der Waals surface area contributed by atoms with E-state index in [1.165, 1.54) is 12.1 Å². The molecule has 4 heteroatoms. The lowest BCUT2D eigenvalue weighted by atomic mass is 10.0. The average molecular weight is 214 g/mol. The van der Waals surface area contributed by atoms with Crippen molar-refractivity contribution in [1.82, 2.24) is 0 Å². The first-order valence-corrected chi connectivity index (χ1v) is 4.83. The van der Waals surface area contributed by atoms with E-state index in [0.29, 0.717) is 13.2 Å². The monoisotopic (exact) mass is 214 g/mol. The highest BCUT2D eigenvalue weighted by atomic mass is 19.2. The molecule has 0 aliphatic carbocycles. The fourth-order valence-electron chi connectivity index (χ4n) is 1.47. The van der Waals surface area contributed by atoms with E-state index in [-0.39, 0.29) is 11.3 Å². The highest BCUT2D eigenvalue weighted by Gasteiger charge is 2.44. The van der Waals surface area contributed by atoms with Crippen molar-refractivity contribution in [3.05, 3.63) is 29.3 Å². The van der Waals surface area contributed by atoms with E-state index >= 15 is 0 Å². The van der Waals surface area contributed by atoms with Crippen molar-refractivity contribution in [1.29, 1.82) is 0 Å². The quantitative estimate of drug-likeness (QED) is 0.721. The van der Waals surface area contributed by atoms with Crippen LogP contribution < -0.4 is 4.74 Å². The van der Waals surface area contributed by atoms with Gasteiger partial charge < -0.3 is 9.47 Å². The topological polar surface area (TPSA) is 21.8 Å². The number of rotatable bonds is 3. The summed E-state index contributed by atoms with van der Waals surface area (Å²) in [6.07, 6.45) is 0. The minimum atomic E-state index is -0.939. The molecule has 0 saturated carbocycles. The fraction of sp³-hybridized carbons (Fsp3) is 0.455. The van der Waals surface area contributed by atoms with Gasteiger partial charge in [-0.25, -0.2) is 4.39 Å². The summed E-state index contributed by atoms with van der Waals surface area (Å²) in [6, 6.07) is 2.95. The van der Waals surface area contributed by atoms with Gasteiger partial charge in [-0.3, -0.25) is 0 Å². The summed E-state index contributed by atoms with van der Waals surface area (Å²) < 4.78 is 37.1. The molecular weight excluding hydrogens is 202 g/mol. The highest BCUT2D eigenvalue weighted by molar-refractivity contribution is 5.35. The first-order valence-electron chi connectivity index (χ1n) is 4.83. The lowest BCUT2D eigenvalue weighted by Crippen LogP contribution is -2.08. The average Bonchev–Trinajstić information content (AvgIpc) is 2.93. The van der Waals surface area contributed by atoms with Crippen LogP contribution in [0.3, 0.4) is 0 Å². The summed E-state index contributed by atoms with van der Waals surface area (Å²) in [5.74, 6) is -1.87. The summed E-state index contributed by atoms with van der Waals surface area (Å²) in [5, 5.41) is 0. The predicted molar refractivity (Wildman–Crippen MR) is 50.8 cm³/mol. The largest absolute Gasteiger partial charge is 0.491 e. The van der Waals surface area contributed by atoms with Gasteiger partial charge in [0.1, 0.15) is 5.60 Å². The van der Waals surface area contributed by atoms with Crippen LogP contribution in [-0.4, -0.2) is 13.2 Å². The molecule has 1 heterocycles. The molecule has 15 heavy (non-hydrogen) atoms. The number of epoxide rings is 1. The zero-order chi connectivity index (χ0) is 11.1. The maximum atomic E-state index is 13.6. The van der Waals surface area contributed by atoms with Crippen molar-refractivity contribution in [3.63, 3.8) is 0 Å². The second-order valence-electron chi connectivity index (χ2n) is 3.69. The highest BCUT2D eigenvalue weighted by Crippen LogP contribution is 2.41. The first-order chi connectivity index (χ1) is 7.08. The van der Waals surface area contributed by atoms with Crippen LogP contribution >= 0.6 is 0 Å². The van der Waals surface area contributed by atoms with Crippen LogP contribution in [0.1, 0.15) is 19.4 Å². The molecule has 1 aliphatic heterocycles. The lowest BCUT2D eigenvalue weighted by Gasteiger charge is -2.10. The van der Waals surface area contributed by atoms with E-state index in [0.717, 1.165) is 0 Å². The number of ether oxygens (including phenoxy) is 2. The molecule has 1 aromatic carbocycles. The molecule has 1 aromatic rings. The Bertz CT molecular complexity index is 386. The van der Waals surface area contributed by atoms with Gasteiger partial charge in [0, 0.05) is 5.56 Å². The standard InChI is InChI=1S/C11H12F2O2/c1-3-14-8-5-4-7(9(12)10(8)13)11(2)6-15-11/h4-5H,3,6H2,1-2H3. The Morgan fingerprint density at radius 2 is 2.07 bits per heavy atom. The molecule has 1 saturated heterocycles. The van der Waals surface area contributed by atoms with Crippen LogP contribution in [0.4, 0.5) is 8.78 Å². The third-order valence-electron chi connectivity index (χ3n) is 2.49. The van der Waals surface area contributed by atoms with Crippen molar-refractivity contribution in [3.8, 4) is 5.75 Å². The lowest BCUT2D eigenvalue weighted by molar-refractivity contribution is 0.300. The van der Waals surface area contributed by atoms with Gasteiger partial charge in [0.25, 0.3) is 0 Å². The van der Waals surface area contributed by atoms with Crippen molar-refractivity contribution in [2.75, 3.05) is 13.2 Å². The zero-order valence-corrected chi connectivity index (χ0v) is 8.64. The van der Waals surface area contributed by atoms with Crippen LogP contribution in [0.25, 0.3) is 0 Å². The maximum absolute atomic E-state index is 13.6. The van der Waals surface area contributed by atoms with Gasteiger partial charge in [-0.05, 0) is 26.0 Å². The van der Waals surface area contributed by atoms with Gasteiger partial charge in [0.2, 0.25) is 5.82 Å². The molecule has 82 valence electrons. The Labute approximate surface area is 86.8 Å². The Kier molecular flexibility index (Phi) is 2.38. The molecular formula is C11H12F2O2. The van der Waals surface area contributed by atoms with Gasteiger partial charge in [-0.2, -0.15) is 4.39 Å². The summed E-state index contributed by atoms with van der Waals surface area (Å²) in [4.78, 5) is 0. The number of hydrogen-bond acceptors (Lipinski definition) is 2. The van der Waals surface area contributed by atoms with Gasteiger partial charge in [0.05, 0.1) is 13.2 Å². The normalized spacial score (nSPS) is 24.0. The molecule has 1 fully saturated rings. The smallest absolute Gasteiger partial charge is 0.200 e. The second-order valence-corrected chi connectivity index (χ2v) is 3.69. The SMILES string of the molecule is CCOc1ccc(C2(C)CO2)c(F)c1F. The van der Waals surface area contributed by atoms with Gasteiger partial charge in [-0.15, -0.1) is 0 Å². The van der Waals surface area contributed by atoms with E-state index in [1.807, 2.05) is 0 Å². The van der Waals surface area contributed by atoms with Gasteiger partial charge in [-0.1, -0.05) is 0 Å². The molecule has 0 bridgehead atoms. The summed E-state index contributed by atoms with van der Waals surface area (Å²) in [6.45, 7) is 4.18. The minimum Gasteiger partial charge on any atom is -0.491 e. The molecule has 0 spiro atoms. The maximum Gasteiger partial charge on any atom is 0.200 e. The second kappa shape index (κ2) is 3.45. The molecule has 1 aliphatic rings. The van der Waals surface area contributed by atoms with Crippen LogP contribution in [-0.2, 0) is 10.3 Å². The predicted octanol–water partition coefficient (Wildman–Crippen LogP) is 2.61. The summed E-state index contributed by atoms with van der Waals surface area (Å²) in [7, 11) is 0. The number of hydrogen-bond donors (Lipinski definition) is 0. The fourth-order valence-corrected chi connectivity index (χ4v) is 1.47. The Morgan fingerprint density at radius 3 is 2.60 bits per heavy atom. The molecule has 1 atom stereocenters. The van der Waals surface area contributed by atoms with Crippen LogP contribution in [0.15, 0.2) is 12.1 Å². The molecule has 0 aromatic heterocycles. The number of halogens is 2.